The molecule has 1 aliphatic carbocycles. The Morgan fingerprint density at radius 2 is 1.93 bits per heavy atom. The summed E-state index contributed by atoms with van der Waals surface area (Å²) in [5, 5.41) is 21.4. The number of carboxylic acids is 1. The molecule has 2 bridgehead atoms. The summed E-state index contributed by atoms with van der Waals surface area (Å²) in [7, 11) is 1.71. The molecule has 2 aliphatic rings. The van der Waals surface area contributed by atoms with Crippen LogP contribution in [0.5, 0.6) is 5.75 Å². The number of amides is 1. The van der Waals surface area contributed by atoms with Crippen molar-refractivity contribution >= 4 is 28.3 Å². The van der Waals surface area contributed by atoms with Gasteiger partial charge in [-0.25, -0.2) is 4.98 Å². The number of piperidine rings is 1. The molecule has 1 N–H and O–H groups in total. The first kappa shape index (κ1) is 27.7. The molecule has 3 aromatic rings. The van der Waals surface area contributed by atoms with Crippen molar-refractivity contribution in [2.45, 2.75) is 39.7 Å². The van der Waals surface area contributed by atoms with Crippen molar-refractivity contribution in [1.29, 1.82) is 5.26 Å². The summed E-state index contributed by atoms with van der Waals surface area (Å²) >= 11 is 1.59. The predicted molar refractivity (Wildman–Crippen MR) is 155 cm³/mol. The van der Waals surface area contributed by atoms with Crippen LogP contribution in [0.2, 0.25) is 0 Å². The Bertz CT molecular complexity index is 1450. The van der Waals surface area contributed by atoms with Gasteiger partial charge in [0.25, 0.3) is 5.91 Å². The van der Waals surface area contributed by atoms with Crippen molar-refractivity contribution in [3.8, 4) is 23.1 Å². The average Bonchev–Trinajstić information content (AvgIpc) is 3.54. The second-order valence-corrected chi connectivity index (χ2v) is 11.8. The number of hydrogen-bond acceptors (Lipinski definition) is 7. The molecular weight excluding hydrogens is 524 g/mol. The fraction of sp³-hybridized carbons (Fsp3) is 0.419. The van der Waals surface area contributed by atoms with E-state index < -0.39 is 5.97 Å². The van der Waals surface area contributed by atoms with Crippen LogP contribution in [0.15, 0.2) is 41.8 Å². The number of anilines is 1. The molecule has 2 fully saturated rings. The van der Waals surface area contributed by atoms with E-state index in [9.17, 15) is 14.7 Å². The number of aryl methyl sites for hydroxylation is 2. The summed E-state index contributed by atoms with van der Waals surface area (Å²) in [5.74, 6) is 0.114. The maximum absolute atomic E-state index is 12.7. The molecule has 5 rings (SSSR count). The Hall–Kier alpha value is -3.90. The quantitative estimate of drug-likeness (QED) is 0.368. The fourth-order valence-electron chi connectivity index (χ4n) is 5.97. The number of carbonyl (C=O) groups is 2. The van der Waals surface area contributed by atoms with Gasteiger partial charge in [0, 0.05) is 43.2 Å². The maximum atomic E-state index is 12.7. The van der Waals surface area contributed by atoms with Gasteiger partial charge in [-0.1, -0.05) is 17.7 Å². The van der Waals surface area contributed by atoms with Gasteiger partial charge >= 0.3 is 5.97 Å². The first-order chi connectivity index (χ1) is 19.2. The summed E-state index contributed by atoms with van der Waals surface area (Å²) in [6.07, 6.45) is 2.24. The maximum Gasteiger partial charge on any atom is 0.307 e. The van der Waals surface area contributed by atoms with Gasteiger partial charge in [-0.2, -0.15) is 5.26 Å². The molecule has 1 saturated carbocycles. The molecule has 208 valence electrons. The number of fused-ring (bicyclic) bond motifs is 2. The van der Waals surface area contributed by atoms with Crippen LogP contribution in [0.4, 0.5) is 5.13 Å². The Labute approximate surface area is 238 Å². The van der Waals surface area contributed by atoms with Gasteiger partial charge in [-0.3, -0.25) is 9.59 Å². The highest BCUT2D eigenvalue weighted by atomic mass is 32.1. The number of rotatable bonds is 9. The third-order valence-corrected chi connectivity index (χ3v) is 9.07. The molecule has 2 aromatic carbocycles. The SMILES string of the molecule is Cc1ccc(OCc2ccc(C(=O)N(C)CCC#N)cc2C)c(-c2csc(N3CC4CCC(C3)C4C(=O)O)n2)c1. The van der Waals surface area contributed by atoms with Crippen LogP contribution in [0.1, 0.15) is 46.3 Å². The fourth-order valence-corrected chi connectivity index (χ4v) is 6.82. The first-order valence-corrected chi connectivity index (χ1v) is 14.5. The lowest BCUT2D eigenvalue weighted by molar-refractivity contribution is -0.144. The molecule has 0 spiro atoms. The van der Waals surface area contributed by atoms with Crippen molar-refractivity contribution in [1.82, 2.24) is 9.88 Å². The van der Waals surface area contributed by atoms with Crippen LogP contribution in [0, 0.1) is 42.9 Å². The van der Waals surface area contributed by atoms with Gasteiger partial charge in [0.2, 0.25) is 0 Å². The van der Waals surface area contributed by atoms with Gasteiger partial charge in [0.1, 0.15) is 12.4 Å². The summed E-state index contributed by atoms with van der Waals surface area (Å²) in [6.45, 7) is 6.24. The highest BCUT2D eigenvalue weighted by molar-refractivity contribution is 7.14. The number of hydrogen-bond donors (Lipinski definition) is 1. The number of nitrogens with zero attached hydrogens (tertiary/aromatic N) is 4. The average molecular weight is 559 g/mol. The smallest absolute Gasteiger partial charge is 0.307 e. The number of thiazole rings is 1. The molecule has 8 nitrogen and oxygen atoms in total. The minimum absolute atomic E-state index is 0.105. The third kappa shape index (κ3) is 5.68. The summed E-state index contributed by atoms with van der Waals surface area (Å²) in [5.41, 5.74) is 5.42. The third-order valence-electron chi connectivity index (χ3n) is 8.17. The van der Waals surface area contributed by atoms with Crippen LogP contribution in [-0.2, 0) is 11.4 Å². The molecule has 2 atom stereocenters. The van der Waals surface area contributed by atoms with E-state index in [0.29, 0.717) is 25.1 Å². The summed E-state index contributed by atoms with van der Waals surface area (Å²) in [4.78, 5) is 33.2. The van der Waals surface area contributed by atoms with E-state index in [1.165, 1.54) is 0 Å². The van der Waals surface area contributed by atoms with Crippen molar-refractivity contribution < 1.29 is 19.4 Å². The highest BCUT2D eigenvalue weighted by Crippen LogP contribution is 2.44. The van der Waals surface area contributed by atoms with Gasteiger partial charge in [0.15, 0.2) is 5.13 Å². The number of carbonyl (C=O) groups excluding carboxylic acids is 1. The second-order valence-electron chi connectivity index (χ2n) is 10.9. The molecule has 1 amide bonds. The lowest BCUT2D eigenvalue weighted by Crippen LogP contribution is -2.44. The van der Waals surface area contributed by atoms with Crippen LogP contribution in [0.3, 0.4) is 0 Å². The van der Waals surface area contributed by atoms with E-state index in [1.807, 2.05) is 38.1 Å². The largest absolute Gasteiger partial charge is 0.488 e. The van der Waals surface area contributed by atoms with E-state index >= 15 is 0 Å². The second kappa shape index (κ2) is 11.7. The summed E-state index contributed by atoms with van der Waals surface area (Å²) in [6, 6.07) is 13.7. The topological polar surface area (TPSA) is 107 Å². The zero-order valence-electron chi connectivity index (χ0n) is 23.1. The number of nitriles is 1. The Morgan fingerprint density at radius 1 is 1.18 bits per heavy atom. The van der Waals surface area contributed by atoms with Crippen molar-refractivity contribution in [3.63, 3.8) is 0 Å². The Kier molecular flexibility index (Phi) is 8.08. The molecule has 40 heavy (non-hydrogen) atoms. The number of benzene rings is 2. The van der Waals surface area contributed by atoms with E-state index in [1.54, 1.807) is 29.4 Å². The van der Waals surface area contributed by atoms with E-state index in [0.717, 1.165) is 64.8 Å². The van der Waals surface area contributed by atoms with E-state index in [-0.39, 0.29) is 23.7 Å². The van der Waals surface area contributed by atoms with Crippen molar-refractivity contribution in [2.24, 2.45) is 17.8 Å². The van der Waals surface area contributed by atoms with Gasteiger partial charge in [0.05, 0.1) is 24.1 Å². The van der Waals surface area contributed by atoms with Crippen LogP contribution < -0.4 is 9.64 Å². The molecule has 0 radical (unpaired) electrons. The lowest BCUT2D eigenvalue weighted by Gasteiger charge is -2.35. The Morgan fingerprint density at radius 3 is 2.60 bits per heavy atom. The zero-order valence-corrected chi connectivity index (χ0v) is 23.9. The van der Waals surface area contributed by atoms with Crippen molar-refractivity contribution in [2.75, 3.05) is 31.6 Å². The molecule has 9 heteroatoms. The monoisotopic (exact) mass is 558 g/mol. The van der Waals surface area contributed by atoms with Crippen LogP contribution >= 0.6 is 11.3 Å². The Balaban J connectivity index is 1.30. The molecular formula is C31H34N4O4S. The standard InChI is InChI=1S/C31H34N4O4S/c1-19-5-10-27(39-17-24-9-6-21(14-20(24)2)29(36)34(3)12-4-11-32)25(13-19)26-18-40-31(33-26)35-15-22-7-8-23(16-35)28(22)30(37)38/h5-6,9-10,13-14,18,22-23,28H,4,7-8,12,15-17H2,1-3H3,(H,37,38). The van der Waals surface area contributed by atoms with Crippen LogP contribution in [-0.4, -0.2) is 53.5 Å². The zero-order chi connectivity index (χ0) is 28.4. The number of carboxylic acid groups (broad SMARTS) is 1. The molecule has 1 aliphatic heterocycles. The highest BCUT2D eigenvalue weighted by Gasteiger charge is 2.46. The van der Waals surface area contributed by atoms with E-state index in [4.69, 9.17) is 15.0 Å². The minimum Gasteiger partial charge on any atom is -0.488 e. The summed E-state index contributed by atoms with van der Waals surface area (Å²) < 4.78 is 6.31. The number of aliphatic carboxylic acids is 1. The number of ether oxygens (including phenoxy) is 1. The molecule has 2 heterocycles. The first-order valence-electron chi connectivity index (χ1n) is 13.6. The molecule has 2 unspecified atom stereocenters. The van der Waals surface area contributed by atoms with Gasteiger partial charge in [-0.05, 0) is 73.9 Å². The van der Waals surface area contributed by atoms with Gasteiger partial charge in [-0.15, -0.1) is 11.3 Å². The van der Waals surface area contributed by atoms with Gasteiger partial charge < -0.3 is 19.6 Å². The van der Waals surface area contributed by atoms with E-state index in [2.05, 4.69) is 22.4 Å². The number of aromatic nitrogens is 1. The lowest BCUT2D eigenvalue weighted by atomic mass is 9.85. The van der Waals surface area contributed by atoms with Crippen molar-refractivity contribution in [3.05, 3.63) is 64.0 Å². The predicted octanol–water partition coefficient (Wildman–Crippen LogP) is 5.54. The molecule has 1 aromatic heterocycles. The molecule has 1 saturated heterocycles. The van der Waals surface area contributed by atoms with Crippen LogP contribution in [0.25, 0.3) is 11.3 Å². The minimum atomic E-state index is -0.659. The normalized spacial score (nSPS) is 19.8.